The van der Waals surface area contributed by atoms with Crippen LogP contribution in [0.15, 0.2) is 12.7 Å². The lowest BCUT2D eigenvalue weighted by molar-refractivity contribution is -0.152. The summed E-state index contributed by atoms with van der Waals surface area (Å²) in [6.07, 6.45) is 0.114. The third-order valence-electron chi connectivity index (χ3n) is 0.755. The molecule has 0 rings (SSSR count). The summed E-state index contributed by atoms with van der Waals surface area (Å²) in [7, 11) is 0. The Hall–Kier alpha value is -0.540. The van der Waals surface area contributed by atoms with Gasteiger partial charge in [0.15, 0.2) is 5.56 Å². The van der Waals surface area contributed by atoms with Crippen molar-refractivity contribution in [1.82, 2.24) is 0 Å². The Bertz CT molecular complexity index is 133. The number of aliphatic hydroxyl groups excluding tert-OH is 1. The van der Waals surface area contributed by atoms with Gasteiger partial charge in [0, 0.05) is 0 Å². The van der Waals surface area contributed by atoms with Crippen LogP contribution in [0.1, 0.15) is 6.92 Å². The standard InChI is InChI=1S/C6H9ClO3/c1-3-5(7)10-6(9)4(2)8/h3-5,8H,1H2,2H3/t4-,5+/m0/s1. The van der Waals surface area contributed by atoms with Crippen molar-refractivity contribution < 1.29 is 14.6 Å². The van der Waals surface area contributed by atoms with Crippen LogP contribution in [0.2, 0.25) is 0 Å². The maximum atomic E-state index is 10.5. The van der Waals surface area contributed by atoms with E-state index in [2.05, 4.69) is 11.3 Å². The molecule has 0 aliphatic carbocycles. The third-order valence-corrected chi connectivity index (χ3v) is 1.02. The molecule has 0 aromatic carbocycles. The molecule has 10 heavy (non-hydrogen) atoms. The van der Waals surface area contributed by atoms with Gasteiger partial charge in [0.05, 0.1) is 0 Å². The van der Waals surface area contributed by atoms with Gasteiger partial charge in [-0.2, -0.15) is 0 Å². The first kappa shape index (κ1) is 9.46. The number of ether oxygens (including phenoxy) is 1. The molecule has 0 saturated heterocycles. The van der Waals surface area contributed by atoms with E-state index in [0.29, 0.717) is 0 Å². The van der Waals surface area contributed by atoms with Crippen LogP contribution < -0.4 is 0 Å². The zero-order valence-electron chi connectivity index (χ0n) is 5.58. The average molecular weight is 165 g/mol. The summed E-state index contributed by atoms with van der Waals surface area (Å²) in [5, 5.41) is 8.60. The lowest BCUT2D eigenvalue weighted by atomic mass is 10.4. The highest BCUT2D eigenvalue weighted by molar-refractivity contribution is 6.21. The molecule has 0 bridgehead atoms. The largest absolute Gasteiger partial charge is 0.440 e. The Balaban J connectivity index is 3.68. The maximum absolute atomic E-state index is 10.5. The van der Waals surface area contributed by atoms with Gasteiger partial charge in [-0.3, -0.25) is 0 Å². The Morgan fingerprint density at radius 1 is 1.90 bits per heavy atom. The molecule has 2 atom stereocenters. The average Bonchev–Trinajstić information content (AvgIpc) is 1.87. The molecule has 0 aliphatic rings. The van der Waals surface area contributed by atoms with E-state index < -0.39 is 17.6 Å². The van der Waals surface area contributed by atoms with Gasteiger partial charge in [-0.05, 0) is 13.0 Å². The lowest BCUT2D eigenvalue weighted by Crippen LogP contribution is -2.21. The number of rotatable bonds is 3. The number of carbonyl (C=O) groups excluding carboxylic acids is 1. The minimum absolute atomic E-state index is 0.750. The molecular formula is C6H9ClO3. The minimum atomic E-state index is -1.14. The Morgan fingerprint density at radius 3 is 2.70 bits per heavy atom. The molecule has 0 amide bonds. The fourth-order valence-corrected chi connectivity index (χ4v) is 0.345. The summed E-state index contributed by atoms with van der Waals surface area (Å²) >= 11 is 5.33. The first-order valence-electron chi connectivity index (χ1n) is 2.73. The first-order chi connectivity index (χ1) is 4.57. The lowest BCUT2D eigenvalue weighted by Gasteiger charge is -2.07. The maximum Gasteiger partial charge on any atom is 0.336 e. The second-order valence-electron chi connectivity index (χ2n) is 1.70. The van der Waals surface area contributed by atoms with Crippen LogP contribution in [0, 0.1) is 0 Å². The van der Waals surface area contributed by atoms with E-state index in [-0.39, 0.29) is 0 Å². The number of alkyl halides is 1. The number of esters is 1. The third kappa shape index (κ3) is 3.48. The molecule has 0 unspecified atom stereocenters. The normalized spacial score (nSPS) is 15.5. The van der Waals surface area contributed by atoms with Gasteiger partial charge in [0.25, 0.3) is 0 Å². The van der Waals surface area contributed by atoms with E-state index >= 15 is 0 Å². The van der Waals surface area contributed by atoms with Gasteiger partial charge in [-0.1, -0.05) is 18.2 Å². The molecule has 0 spiro atoms. The molecule has 0 radical (unpaired) electrons. The molecule has 0 aromatic heterocycles. The summed E-state index contributed by atoms with van der Waals surface area (Å²) in [6.45, 7) is 4.58. The first-order valence-corrected chi connectivity index (χ1v) is 3.16. The SMILES string of the molecule is C=C[C@H](Cl)OC(=O)[C@H](C)O. The zero-order chi connectivity index (χ0) is 8.15. The van der Waals surface area contributed by atoms with E-state index in [4.69, 9.17) is 16.7 Å². The number of halogens is 1. The highest BCUT2D eigenvalue weighted by Gasteiger charge is 2.12. The van der Waals surface area contributed by atoms with Gasteiger partial charge >= 0.3 is 5.97 Å². The molecule has 0 fully saturated rings. The van der Waals surface area contributed by atoms with Crippen molar-refractivity contribution >= 4 is 17.6 Å². The second kappa shape index (κ2) is 4.30. The molecule has 3 nitrogen and oxygen atoms in total. The van der Waals surface area contributed by atoms with Gasteiger partial charge in [-0.25, -0.2) is 4.79 Å². The predicted octanol–water partition coefficient (Wildman–Crippen LogP) is 0.661. The smallest absolute Gasteiger partial charge is 0.336 e. The molecule has 58 valence electrons. The molecule has 0 saturated carbocycles. The van der Waals surface area contributed by atoms with E-state index in [1.54, 1.807) is 0 Å². The number of carbonyl (C=O) groups is 1. The van der Waals surface area contributed by atoms with Crippen LogP contribution in [0.5, 0.6) is 0 Å². The fourth-order valence-electron chi connectivity index (χ4n) is 0.258. The van der Waals surface area contributed by atoms with Crippen LogP contribution in [-0.2, 0) is 9.53 Å². The summed E-state index contributed by atoms with van der Waals surface area (Å²) in [5.74, 6) is -0.750. The summed E-state index contributed by atoms with van der Waals surface area (Å²) in [5.41, 5.74) is -0.859. The van der Waals surface area contributed by atoms with Crippen molar-refractivity contribution in [2.24, 2.45) is 0 Å². The van der Waals surface area contributed by atoms with Crippen LogP contribution in [-0.4, -0.2) is 22.7 Å². The van der Waals surface area contributed by atoms with Crippen LogP contribution >= 0.6 is 11.6 Å². The minimum Gasteiger partial charge on any atom is -0.440 e. The Kier molecular flexibility index (Phi) is 4.07. The summed E-state index contributed by atoms with van der Waals surface area (Å²) < 4.78 is 4.42. The van der Waals surface area contributed by atoms with E-state index in [1.165, 1.54) is 13.0 Å². The molecule has 0 heterocycles. The number of hydrogen-bond donors (Lipinski definition) is 1. The fraction of sp³-hybridized carbons (Fsp3) is 0.500. The topological polar surface area (TPSA) is 46.5 Å². The van der Waals surface area contributed by atoms with Crippen molar-refractivity contribution in [2.75, 3.05) is 0 Å². The predicted molar refractivity (Wildman–Crippen MR) is 37.6 cm³/mol. The number of aliphatic hydroxyl groups is 1. The number of hydrogen-bond acceptors (Lipinski definition) is 3. The summed E-state index contributed by atoms with van der Waals surface area (Å²) in [6, 6.07) is 0. The molecule has 0 aromatic rings. The highest BCUT2D eigenvalue weighted by atomic mass is 35.5. The van der Waals surface area contributed by atoms with Gasteiger partial charge < -0.3 is 9.84 Å². The van der Waals surface area contributed by atoms with Gasteiger partial charge in [0.1, 0.15) is 6.10 Å². The molecule has 1 N–H and O–H groups in total. The quantitative estimate of drug-likeness (QED) is 0.379. The highest BCUT2D eigenvalue weighted by Crippen LogP contribution is 2.00. The van der Waals surface area contributed by atoms with Crippen LogP contribution in [0.4, 0.5) is 0 Å². The van der Waals surface area contributed by atoms with Crippen LogP contribution in [0.25, 0.3) is 0 Å². The monoisotopic (exact) mass is 164 g/mol. The zero-order valence-corrected chi connectivity index (χ0v) is 6.34. The van der Waals surface area contributed by atoms with E-state index in [9.17, 15) is 4.79 Å². The van der Waals surface area contributed by atoms with Crippen molar-refractivity contribution in [3.8, 4) is 0 Å². The summed E-state index contributed by atoms with van der Waals surface area (Å²) in [4.78, 5) is 10.5. The molecular weight excluding hydrogens is 156 g/mol. The van der Waals surface area contributed by atoms with Crippen molar-refractivity contribution in [1.29, 1.82) is 0 Å². The second-order valence-corrected chi connectivity index (χ2v) is 2.13. The van der Waals surface area contributed by atoms with Gasteiger partial charge in [-0.15, -0.1) is 0 Å². The van der Waals surface area contributed by atoms with Gasteiger partial charge in [0.2, 0.25) is 0 Å². The van der Waals surface area contributed by atoms with E-state index in [0.717, 1.165) is 0 Å². The van der Waals surface area contributed by atoms with Crippen molar-refractivity contribution in [3.63, 3.8) is 0 Å². The molecule has 4 heteroatoms. The van der Waals surface area contributed by atoms with Crippen LogP contribution in [0.3, 0.4) is 0 Å². The Labute approximate surface area is 64.2 Å². The Morgan fingerprint density at radius 2 is 2.40 bits per heavy atom. The van der Waals surface area contributed by atoms with Crippen molar-refractivity contribution in [3.05, 3.63) is 12.7 Å². The van der Waals surface area contributed by atoms with E-state index in [1.807, 2.05) is 0 Å². The molecule has 0 aliphatic heterocycles. The van der Waals surface area contributed by atoms with Crippen molar-refractivity contribution in [2.45, 2.75) is 18.6 Å².